The number of hydrogen-bond acceptors (Lipinski definition) is 4. The molecule has 21 heavy (non-hydrogen) atoms. The third kappa shape index (κ3) is 1.89. The Morgan fingerprint density at radius 1 is 1.24 bits per heavy atom. The third-order valence-electron chi connectivity index (χ3n) is 3.92. The maximum absolute atomic E-state index is 4.53. The van der Waals surface area contributed by atoms with Crippen molar-refractivity contribution in [2.24, 2.45) is 12.0 Å². The first kappa shape index (κ1) is 12.1. The van der Waals surface area contributed by atoms with E-state index >= 15 is 0 Å². The summed E-state index contributed by atoms with van der Waals surface area (Å²) >= 11 is 0. The average Bonchev–Trinajstić information content (AvgIpc) is 3.03. The number of amidine groups is 1. The van der Waals surface area contributed by atoms with Crippen LogP contribution in [0.2, 0.25) is 0 Å². The Kier molecular flexibility index (Phi) is 2.54. The lowest BCUT2D eigenvalue weighted by Gasteiger charge is -2.07. The third-order valence-corrected chi connectivity index (χ3v) is 3.92. The van der Waals surface area contributed by atoms with Crippen LogP contribution in [0.4, 0.5) is 5.69 Å². The molecule has 0 unspecified atom stereocenters. The smallest absolute Gasteiger partial charge is 0.152 e. The SMILES string of the molecule is Cc1c2cc(NC3=NCc4cccnc43)ccc2nn1C. The van der Waals surface area contributed by atoms with E-state index in [9.17, 15) is 0 Å². The molecule has 0 atom stereocenters. The normalized spacial score (nSPS) is 13.3. The zero-order chi connectivity index (χ0) is 14.4. The topological polar surface area (TPSA) is 55.1 Å². The first-order valence-electron chi connectivity index (χ1n) is 6.91. The number of pyridine rings is 1. The number of aliphatic imine (C=N–C) groups is 1. The largest absolute Gasteiger partial charge is 0.339 e. The van der Waals surface area contributed by atoms with Gasteiger partial charge >= 0.3 is 0 Å². The van der Waals surface area contributed by atoms with Crippen molar-refractivity contribution in [3.8, 4) is 0 Å². The summed E-state index contributed by atoms with van der Waals surface area (Å²) in [7, 11) is 1.96. The second kappa shape index (κ2) is 4.41. The molecule has 0 fully saturated rings. The van der Waals surface area contributed by atoms with Crippen LogP contribution in [0.3, 0.4) is 0 Å². The number of nitrogens with one attached hydrogen (secondary N) is 1. The molecule has 0 amide bonds. The minimum atomic E-state index is 0.694. The van der Waals surface area contributed by atoms with Gasteiger partial charge in [0.05, 0.1) is 12.1 Å². The maximum Gasteiger partial charge on any atom is 0.152 e. The van der Waals surface area contributed by atoms with Crippen LogP contribution in [-0.2, 0) is 13.6 Å². The summed E-state index contributed by atoms with van der Waals surface area (Å²) in [4.78, 5) is 8.94. The highest BCUT2D eigenvalue weighted by atomic mass is 15.3. The molecular formula is C16H15N5. The molecule has 0 saturated heterocycles. The van der Waals surface area contributed by atoms with Crippen LogP contribution >= 0.6 is 0 Å². The summed E-state index contributed by atoms with van der Waals surface area (Å²) < 4.78 is 1.90. The molecule has 2 aromatic heterocycles. The summed E-state index contributed by atoms with van der Waals surface area (Å²) in [5.41, 5.74) is 5.28. The Bertz CT molecular complexity index is 876. The van der Waals surface area contributed by atoms with Crippen molar-refractivity contribution < 1.29 is 0 Å². The first-order valence-corrected chi connectivity index (χ1v) is 6.91. The molecule has 1 aromatic carbocycles. The van der Waals surface area contributed by atoms with Crippen LogP contribution in [0.25, 0.3) is 10.9 Å². The second-order valence-electron chi connectivity index (χ2n) is 5.24. The van der Waals surface area contributed by atoms with E-state index in [-0.39, 0.29) is 0 Å². The molecule has 0 aliphatic carbocycles. The monoisotopic (exact) mass is 277 g/mol. The van der Waals surface area contributed by atoms with Crippen molar-refractivity contribution in [1.82, 2.24) is 14.8 Å². The lowest BCUT2D eigenvalue weighted by atomic mass is 10.2. The van der Waals surface area contributed by atoms with Crippen molar-refractivity contribution in [2.45, 2.75) is 13.5 Å². The van der Waals surface area contributed by atoms with Gasteiger partial charge < -0.3 is 5.32 Å². The van der Waals surface area contributed by atoms with Crippen molar-refractivity contribution in [2.75, 3.05) is 5.32 Å². The number of benzene rings is 1. The fourth-order valence-corrected chi connectivity index (χ4v) is 2.66. The Labute approximate surface area is 122 Å². The summed E-state index contributed by atoms with van der Waals surface area (Å²) in [5, 5.41) is 9.00. The highest BCUT2D eigenvalue weighted by molar-refractivity contribution is 6.09. The molecule has 1 aliphatic rings. The Balaban J connectivity index is 1.71. The fourth-order valence-electron chi connectivity index (χ4n) is 2.66. The molecule has 5 heteroatoms. The summed E-state index contributed by atoms with van der Waals surface area (Å²) in [6.07, 6.45) is 1.80. The molecule has 1 N–H and O–H groups in total. The van der Waals surface area contributed by atoms with Crippen molar-refractivity contribution >= 4 is 22.4 Å². The highest BCUT2D eigenvalue weighted by Gasteiger charge is 2.17. The molecule has 5 nitrogen and oxygen atoms in total. The zero-order valence-electron chi connectivity index (χ0n) is 12.0. The minimum absolute atomic E-state index is 0.694. The van der Waals surface area contributed by atoms with E-state index in [4.69, 9.17) is 0 Å². The van der Waals surface area contributed by atoms with E-state index in [2.05, 4.69) is 39.4 Å². The first-order chi connectivity index (χ1) is 10.2. The van der Waals surface area contributed by atoms with Gasteiger partial charge in [-0.15, -0.1) is 0 Å². The molecule has 104 valence electrons. The molecule has 0 spiro atoms. The van der Waals surface area contributed by atoms with Gasteiger partial charge in [-0.1, -0.05) is 6.07 Å². The summed E-state index contributed by atoms with van der Waals surface area (Å²) in [6.45, 7) is 2.77. The molecule has 3 aromatic rings. The quantitative estimate of drug-likeness (QED) is 0.744. The standard InChI is InChI=1S/C16H15N5/c1-10-13-8-12(5-6-14(13)20-21(10)2)19-16-15-11(9-18-16)4-3-7-17-15/h3-8H,9H2,1-2H3,(H,18,19). The van der Waals surface area contributed by atoms with E-state index in [1.165, 1.54) is 5.56 Å². The average molecular weight is 277 g/mol. The van der Waals surface area contributed by atoms with Crippen LogP contribution in [0.1, 0.15) is 17.0 Å². The fraction of sp³-hybridized carbons (Fsp3) is 0.188. The Morgan fingerprint density at radius 3 is 3.05 bits per heavy atom. The number of rotatable bonds is 1. The molecule has 0 bridgehead atoms. The Morgan fingerprint density at radius 2 is 2.14 bits per heavy atom. The van der Waals surface area contributed by atoms with Crippen LogP contribution in [0.15, 0.2) is 41.5 Å². The molecule has 3 heterocycles. The van der Waals surface area contributed by atoms with Gasteiger partial charge in [0.25, 0.3) is 0 Å². The van der Waals surface area contributed by atoms with Crippen molar-refractivity contribution in [3.63, 3.8) is 0 Å². The molecule has 0 radical (unpaired) electrons. The minimum Gasteiger partial charge on any atom is -0.339 e. The molecule has 0 saturated carbocycles. The van der Waals surface area contributed by atoms with E-state index < -0.39 is 0 Å². The number of aryl methyl sites for hydroxylation is 2. The Hall–Kier alpha value is -2.69. The molecular weight excluding hydrogens is 262 g/mol. The van der Waals surface area contributed by atoms with Crippen LogP contribution in [0, 0.1) is 6.92 Å². The molecule has 4 rings (SSSR count). The second-order valence-corrected chi connectivity index (χ2v) is 5.24. The van der Waals surface area contributed by atoms with Gasteiger partial charge in [0.15, 0.2) is 5.84 Å². The summed E-state index contributed by atoms with van der Waals surface area (Å²) in [6, 6.07) is 10.2. The maximum atomic E-state index is 4.53. The lowest BCUT2D eigenvalue weighted by Crippen LogP contribution is -2.12. The zero-order valence-corrected chi connectivity index (χ0v) is 12.0. The van der Waals surface area contributed by atoms with Gasteiger partial charge in [-0.2, -0.15) is 5.10 Å². The van der Waals surface area contributed by atoms with Crippen molar-refractivity contribution in [3.05, 3.63) is 53.5 Å². The van der Waals surface area contributed by atoms with E-state index in [1.54, 1.807) is 6.20 Å². The van der Waals surface area contributed by atoms with Gasteiger partial charge in [0.2, 0.25) is 0 Å². The molecule has 1 aliphatic heterocycles. The number of hydrogen-bond donors (Lipinski definition) is 1. The number of aromatic nitrogens is 3. The summed E-state index contributed by atoms with van der Waals surface area (Å²) in [5.74, 6) is 0.839. The van der Waals surface area contributed by atoms with Gasteiger partial charge in [-0.3, -0.25) is 14.7 Å². The van der Waals surface area contributed by atoms with Gasteiger partial charge in [0.1, 0.15) is 5.69 Å². The number of nitrogens with zero attached hydrogens (tertiary/aromatic N) is 4. The van der Waals surface area contributed by atoms with E-state index in [0.717, 1.165) is 33.8 Å². The predicted octanol–water partition coefficient (Wildman–Crippen LogP) is 2.65. The van der Waals surface area contributed by atoms with Crippen LogP contribution in [-0.4, -0.2) is 20.6 Å². The van der Waals surface area contributed by atoms with Gasteiger partial charge in [-0.05, 0) is 31.2 Å². The van der Waals surface area contributed by atoms with Gasteiger partial charge in [-0.25, -0.2) is 0 Å². The van der Waals surface area contributed by atoms with Gasteiger partial charge in [0, 0.05) is 35.6 Å². The van der Waals surface area contributed by atoms with Crippen LogP contribution < -0.4 is 5.32 Å². The predicted molar refractivity (Wildman–Crippen MR) is 83.6 cm³/mol. The lowest BCUT2D eigenvalue weighted by molar-refractivity contribution is 0.751. The number of anilines is 1. The van der Waals surface area contributed by atoms with Crippen LogP contribution in [0.5, 0.6) is 0 Å². The van der Waals surface area contributed by atoms with E-state index in [0.29, 0.717) is 6.54 Å². The van der Waals surface area contributed by atoms with E-state index in [1.807, 2.05) is 29.9 Å². The number of fused-ring (bicyclic) bond motifs is 2. The highest BCUT2D eigenvalue weighted by Crippen LogP contribution is 2.23. The van der Waals surface area contributed by atoms with Crippen molar-refractivity contribution in [1.29, 1.82) is 0 Å².